The molecule has 2 atom stereocenters. The molecule has 0 saturated heterocycles. The molecule has 4 heteroatoms. The number of hydrogen-bond acceptors (Lipinski definition) is 4. The van der Waals surface area contributed by atoms with Crippen molar-refractivity contribution < 1.29 is 14.6 Å². The average molecular weight is 201 g/mol. The van der Waals surface area contributed by atoms with Crippen LogP contribution in [0.5, 0.6) is 0 Å². The zero-order chi connectivity index (χ0) is 11.0. The van der Waals surface area contributed by atoms with Crippen LogP contribution >= 0.6 is 0 Å². The van der Waals surface area contributed by atoms with Gasteiger partial charge in [-0.3, -0.25) is 0 Å². The number of nitrogens with two attached hydrogens (primary N) is 1. The van der Waals surface area contributed by atoms with Gasteiger partial charge in [-0.2, -0.15) is 0 Å². The first kappa shape index (κ1) is 11.5. The Hall–Kier alpha value is -0.610. The zero-order valence-electron chi connectivity index (χ0n) is 9.04. The minimum absolute atomic E-state index is 0.406. The highest BCUT2D eigenvalue weighted by Crippen LogP contribution is 2.31. The number of hydrogen-bond donors (Lipinski definition) is 2. The van der Waals surface area contributed by atoms with E-state index < -0.39 is 23.2 Å². The topological polar surface area (TPSA) is 72.5 Å². The molecule has 0 spiro atoms. The van der Waals surface area contributed by atoms with Gasteiger partial charge in [0.05, 0.1) is 0 Å². The summed E-state index contributed by atoms with van der Waals surface area (Å²) in [5.41, 5.74) is 3.64. The minimum Gasteiger partial charge on any atom is -0.458 e. The zero-order valence-corrected chi connectivity index (χ0v) is 9.04. The maximum absolute atomic E-state index is 11.6. The number of aliphatic hydroxyl groups is 1. The lowest BCUT2D eigenvalue weighted by molar-refractivity contribution is -0.177. The molecule has 0 aliphatic heterocycles. The SMILES string of the molecule is CC(C)(C)OC(=O)[C@@]1(O)CCC[C@H]1N. The van der Waals surface area contributed by atoms with Crippen molar-refractivity contribution in [1.82, 2.24) is 0 Å². The fourth-order valence-corrected chi connectivity index (χ4v) is 1.64. The van der Waals surface area contributed by atoms with Crippen LogP contribution in [0.3, 0.4) is 0 Å². The van der Waals surface area contributed by atoms with E-state index in [1.54, 1.807) is 20.8 Å². The van der Waals surface area contributed by atoms with Crippen LogP contribution in [0.1, 0.15) is 40.0 Å². The number of esters is 1. The largest absolute Gasteiger partial charge is 0.458 e. The minimum atomic E-state index is -1.46. The number of rotatable bonds is 1. The molecular weight excluding hydrogens is 182 g/mol. The van der Waals surface area contributed by atoms with Gasteiger partial charge in [-0.25, -0.2) is 4.79 Å². The maximum atomic E-state index is 11.6. The molecule has 0 heterocycles. The van der Waals surface area contributed by atoms with Gasteiger partial charge in [0.15, 0.2) is 5.60 Å². The molecule has 0 aromatic carbocycles. The van der Waals surface area contributed by atoms with Crippen LogP contribution in [0.15, 0.2) is 0 Å². The Balaban J connectivity index is 2.68. The molecule has 1 rings (SSSR count). The van der Waals surface area contributed by atoms with E-state index in [1.807, 2.05) is 0 Å². The molecule has 82 valence electrons. The highest BCUT2D eigenvalue weighted by molar-refractivity contribution is 5.81. The Morgan fingerprint density at radius 3 is 2.50 bits per heavy atom. The standard InChI is InChI=1S/C10H19NO3/c1-9(2,3)14-8(12)10(13)6-4-5-7(10)11/h7,13H,4-6,11H2,1-3H3/t7-,10-/m1/s1. The molecule has 0 unspecified atom stereocenters. The summed E-state index contributed by atoms with van der Waals surface area (Å²) in [6.07, 6.45) is 1.86. The Morgan fingerprint density at radius 2 is 2.14 bits per heavy atom. The third kappa shape index (κ3) is 2.25. The summed E-state index contributed by atoms with van der Waals surface area (Å²) in [5.74, 6) is -0.588. The van der Waals surface area contributed by atoms with Crippen molar-refractivity contribution in [2.75, 3.05) is 0 Å². The van der Waals surface area contributed by atoms with Crippen LogP contribution in [-0.4, -0.2) is 28.3 Å². The summed E-state index contributed by atoms with van der Waals surface area (Å²) in [6, 6.07) is -0.489. The summed E-state index contributed by atoms with van der Waals surface area (Å²) in [4.78, 5) is 11.6. The molecule has 0 aromatic heterocycles. The molecule has 1 saturated carbocycles. The Labute approximate surface area is 84.4 Å². The highest BCUT2D eigenvalue weighted by atomic mass is 16.6. The Morgan fingerprint density at radius 1 is 1.57 bits per heavy atom. The monoisotopic (exact) mass is 201 g/mol. The van der Waals surface area contributed by atoms with Crippen LogP contribution in [0.25, 0.3) is 0 Å². The number of ether oxygens (including phenoxy) is 1. The first-order valence-corrected chi connectivity index (χ1v) is 4.97. The smallest absolute Gasteiger partial charge is 0.340 e. The van der Waals surface area contributed by atoms with Gasteiger partial charge >= 0.3 is 5.97 Å². The Kier molecular flexibility index (Phi) is 2.88. The number of carbonyl (C=O) groups excluding carboxylic acids is 1. The van der Waals surface area contributed by atoms with Crippen molar-refractivity contribution in [3.8, 4) is 0 Å². The van der Waals surface area contributed by atoms with Gasteiger partial charge in [-0.1, -0.05) is 0 Å². The number of carbonyl (C=O) groups is 1. The third-order valence-corrected chi connectivity index (χ3v) is 2.44. The normalized spacial score (nSPS) is 33.1. The van der Waals surface area contributed by atoms with Gasteiger partial charge in [0.1, 0.15) is 5.60 Å². The van der Waals surface area contributed by atoms with Gasteiger partial charge in [0, 0.05) is 6.04 Å². The molecule has 4 nitrogen and oxygen atoms in total. The quantitative estimate of drug-likeness (QED) is 0.608. The van der Waals surface area contributed by atoms with Gasteiger partial charge in [-0.15, -0.1) is 0 Å². The van der Waals surface area contributed by atoms with Crippen LogP contribution in [-0.2, 0) is 9.53 Å². The lowest BCUT2D eigenvalue weighted by Gasteiger charge is -2.29. The molecule has 0 bridgehead atoms. The van der Waals surface area contributed by atoms with Gasteiger partial charge in [0.2, 0.25) is 0 Å². The van der Waals surface area contributed by atoms with E-state index in [1.165, 1.54) is 0 Å². The van der Waals surface area contributed by atoms with E-state index in [-0.39, 0.29) is 0 Å². The Bertz CT molecular complexity index is 234. The second kappa shape index (κ2) is 3.51. The first-order valence-electron chi connectivity index (χ1n) is 4.97. The van der Waals surface area contributed by atoms with E-state index in [0.29, 0.717) is 12.8 Å². The summed E-state index contributed by atoms with van der Waals surface area (Å²) in [7, 11) is 0. The maximum Gasteiger partial charge on any atom is 0.340 e. The van der Waals surface area contributed by atoms with Crippen LogP contribution < -0.4 is 5.73 Å². The van der Waals surface area contributed by atoms with Gasteiger partial charge in [0.25, 0.3) is 0 Å². The van der Waals surface area contributed by atoms with E-state index in [0.717, 1.165) is 6.42 Å². The van der Waals surface area contributed by atoms with E-state index in [2.05, 4.69) is 0 Å². The van der Waals surface area contributed by atoms with Crippen molar-refractivity contribution in [2.24, 2.45) is 5.73 Å². The average Bonchev–Trinajstić information content (AvgIpc) is 2.30. The second-order valence-corrected chi connectivity index (χ2v) is 4.92. The summed E-state index contributed by atoms with van der Waals surface area (Å²) >= 11 is 0. The highest BCUT2D eigenvalue weighted by Gasteiger charge is 2.48. The molecule has 14 heavy (non-hydrogen) atoms. The van der Waals surface area contributed by atoms with Crippen molar-refractivity contribution in [1.29, 1.82) is 0 Å². The predicted octanol–water partition coefficient (Wildman–Crippen LogP) is 0.570. The predicted molar refractivity (Wildman–Crippen MR) is 52.6 cm³/mol. The fourth-order valence-electron chi connectivity index (χ4n) is 1.64. The van der Waals surface area contributed by atoms with Crippen molar-refractivity contribution in [3.05, 3.63) is 0 Å². The molecule has 3 N–H and O–H groups in total. The molecule has 1 fully saturated rings. The van der Waals surface area contributed by atoms with Crippen LogP contribution in [0.4, 0.5) is 0 Å². The first-order chi connectivity index (χ1) is 6.26. The fraction of sp³-hybridized carbons (Fsp3) is 0.900. The molecule has 0 amide bonds. The van der Waals surface area contributed by atoms with Gasteiger partial charge in [-0.05, 0) is 40.0 Å². The molecular formula is C10H19NO3. The summed E-state index contributed by atoms with van der Waals surface area (Å²) in [5, 5.41) is 9.99. The van der Waals surface area contributed by atoms with Crippen molar-refractivity contribution in [2.45, 2.75) is 57.3 Å². The van der Waals surface area contributed by atoms with Crippen LogP contribution in [0.2, 0.25) is 0 Å². The van der Waals surface area contributed by atoms with E-state index in [9.17, 15) is 9.90 Å². The third-order valence-electron chi connectivity index (χ3n) is 2.44. The molecule has 0 aromatic rings. The van der Waals surface area contributed by atoms with E-state index in [4.69, 9.17) is 10.5 Å². The summed E-state index contributed by atoms with van der Waals surface area (Å²) < 4.78 is 5.13. The second-order valence-electron chi connectivity index (χ2n) is 4.92. The lowest BCUT2D eigenvalue weighted by atomic mass is 9.98. The van der Waals surface area contributed by atoms with E-state index >= 15 is 0 Å². The molecule has 1 aliphatic carbocycles. The van der Waals surface area contributed by atoms with Gasteiger partial charge < -0.3 is 15.6 Å². The van der Waals surface area contributed by atoms with Crippen molar-refractivity contribution >= 4 is 5.97 Å². The molecule has 1 aliphatic rings. The van der Waals surface area contributed by atoms with Crippen LogP contribution in [0, 0.1) is 0 Å². The molecule has 0 radical (unpaired) electrons. The van der Waals surface area contributed by atoms with Crippen molar-refractivity contribution in [3.63, 3.8) is 0 Å². The lowest BCUT2D eigenvalue weighted by Crippen LogP contribution is -2.52. The summed E-state index contributed by atoms with van der Waals surface area (Å²) in [6.45, 7) is 5.32.